The van der Waals surface area contributed by atoms with Gasteiger partial charge >= 0.3 is 0 Å². The summed E-state index contributed by atoms with van der Waals surface area (Å²) in [4.78, 5) is 0. The predicted octanol–water partition coefficient (Wildman–Crippen LogP) is 2.14. The lowest BCUT2D eigenvalue weighted by molar-refractivity contribution is -0.0518. The van der Waals surface area contributed by atoms with Crippen molar-refractivity contribution in [3.05, 3.63) is 35.9 Å². The minimum Gasteiger partial charge on any atom is -0.379 e. The molecule has 1 saturated heterocycles. The first kappa shape index (κ1) is 12.6. The molecule has 3 nitrogen and oxygen atoms in total. The van der Waals surface area contributed by atoms with Crippen LogP contribution in [-0.2, 0) is 9.47 Å². The molecule has 1 heterocycles. The zero-order valence-corrected chi connectivity index (χ0v) is 10.6. The molecule has 1 N–H and O–H groups in total. The van der Waals surface area contributed by atoms with Gasteiger partial charge in [0.25, 0.3) is 0 Å². The molecular formula is C14H21NO2. The van der Waals surface area contributed by atoms with E-state index in [4.69, 9.17) is 9.47 Å². The first-order chi connectivity index (χ1) is 8.31. The second kappa shape index (κ2) is 6.15. The maximum atomic E-state index is 5.45. The van der Waals surface area contributed by atoms with Gasteiger partial charge in [-0.25, -0.2) is 0 Å². The van der Waals surface area contributed by atoms with E-state index >= 15 is 0 Å². The lowest BCUT2D eigenvalue weighted by Crippen LogP contribution is -2.48. The fourth-order valence-electron chi connectivity index (χ4n) is 2.29. The third kappa shape index (κ3) is 3.28. The summed E-state index contributed by atoms with van der Waals surface area (Å²) in [6.07, 6.45) is 1.17. The minimum absolute atomic E-state index is 0.162. The highest BCUT2D eigenvalue weighted by Gasteiger charge is 2.26. The average molecular weight is 235 g/mol. The van der Waals surface area contributed by atoms with Gasteiger partial charge in [-0.15, -0.1) is 0 Å². The largest absolute Gasteiger partial charge is 0.379 e. The summed E-state index contributed by atoms with van der Waals surface area (Å²) in [5.41, 5.74) is 1.31. The van der Waals surface area contributed by atoms with Crippen LogP contribution in [0.2, 0.25) is 0 Å². The van der Waals surface area contributed by atoms with Crippen molar-refractivity contribution in [2.45, 2.75) is 31.5 Å². The first-order valence-corrected chi connectivity index (χ1v) is 6.23. The van der Waals surface area contributed by atoms with Crippen molar-refractivity contribution in [1.29, 1.82) is 0 Å². The van der Waals surface area contributed by atoms with Gasteiger partial charge in [0, 0.05) is 25.8 Å². The molecule has 0 saturated carbocycles. The Hall–Kier alpha value is -0.900. The number of benzene rings is 1. The third-order valence-electron chi connectivity index (χ3n) is 3.37. The minimum atomic E-state index is 0.162. The van der Waals surface area contributed by atoms with Gasteiger partial charge in [0.15, 0.2) is 0 Å². The van der Waals surface area contributed by atoms with Gasteiger partial charge in [-0.05, 0) is 18.9 Å². The number of rotatable bonds is 4. The van der Waals surface area contributed by atoms with Gasteiger partial charge in [-0.3, -0.25) is 0 Å². The van der Waals surface area contributed by atoms with Crippen molar-refractivity contribution in [3.63, 3.8) is 0 Å². The highest BCUT2D eigenvalue weighted by molar-refractivity contribution is 5.18. The summed E-state index contributed by atoms with van der Waals surface area (Å²) >= 11 is 0. The SMILES string of the molecule is COC1COCC[C@@H]1N[C@@H](C)c1ccccc1. The van der Waals surface area contributed by atoms with Gasteiger partial charge in [-0.1, -0.05) is 30.3 Å². The Bertz CT molecular complexity index is 328. The summed E-state index contributed by atoms with van der Waals surface area (Å²) in [5.74, 6) is 0. The molecule has 1 aromatic carbocycles. The van der Waals surface area contributed by atoms with Gasteiger partial charge in [0.2, 0.25) is 0 Å². The van der Waals surface area contributed by atoms with Crippen LogP contribution in [0.15, 0.2) is 30.3 Å². The predicted molar refractivity (Wildman–Crippen MR) is 68.0 cm³/mol. The molecule has 1 aliphatic heterocycles. The zero-order valence-electron chi connectivity index (χ0n) is 10.6. The van der Waals surface area contributed by atoms with E-state index in [9.17, 15) is 0 Å². The van der Waals surface area contributed by atoms with E-state index in [2.05, 4.69) is 36.5 Å². The Morgan fingerprint density at radius 1 is 1.35 bits per heavy atom. The molecular weight excluding hydrogens is 214 g/mol. The normalized spacial score (nSPS) is 26.7. The van der Waals surface area contributed by atoms with E-state index in [1.165, 1.54) is 5.56 Å². The molecule has 2 rings (SSSR count). The number of nitrogens with one attached hydrogen (secondary N) is 1. The lowest BCUT2D eigenvalue weighted by Gasteiger charge is -2.33. The Labute approximate surface area is 103 Å². The number of ether oxygens (including phenoxy) is 2. The molecule has 1 aromatic rings. The Morgan fingerprint density at radius 2 is 2.12 bits per heavy atom. The van der Waals surface area contributed by atoms with Gasteiger partial charge in [0.1, 0.15) is 0 Å². The summed E-state index contributed by atoms with van der Waals surface area (Å²) < 4.78 is 10.9. The van der Waals surface area contributed by atoms with Gasteiger partial charge in [0.05, 0.1) is 12.7 Å². The van der Waals surface area contributed by atoms with E-state index in [0.29, 0.717) is 18.7 Å². The Balaban J connectivity index is 1.95. The summed E-state index contributed by atoms with van der Waals surface area (Å²) in [7, 11) is 1.75. The quantitative estimate of drug-likeness (QED) is 0.867. The molecule has 94 valence electrons. The first-order valence-electron chi connectivity index (χ1n) is 6.23. The maximum absolute atomic E-state index is 5.45. The number of hydrogen-bond acceptors (Lipinski definition) is 3. The van der Waals surface area contributed by atoms with Crippen molar-refractivity contribution in [2.75, 3.05) is 20.3 Å². The molecule has 0 amide bonds. The molecule has 0 radical (unpaired) electrons. The molecule has 0 aliphatic carbocycles. The maximum Gasteiger partial charge on any atom is 0.0958 e. The molecule has 0 spiro atoms. The highest BCUT2D eigenvalue weighted by Crippen LogP contribution is 2.17. The standard InChI is InChI=1S/C14H21NO2/c1-11(12-6-4-3-5-7-12)15-13-8-9-17-10-14(13)16-2/h3-7,11,13-15H,8-10H2,1-2H3/t11-,13-,14?/m0/s1. The van der Waals surface area contributed by atoms with E-state index < -0.39 is 0 Å². The smallest absolute Gasteiger partial charge is 0.0958 e. The van der Waals surface area contributed by atoms with Crippen LogP contribution < -0.4 is 5.32 Å². The van der Waals surface area contributed by atoms with Crippen LogP contribution in [0, 0.1) is 0 Å². The van der Waals surface area contributed by atoms with E-state index in [1.807, 2.05) is 6.07 Å². The van der Waals surface area contributed by atoms with Crippen LogP contribution in [0.5, 0.6) is 0 Å². The van der Waals surface area contributed by atoms with Crippen LogP contribution in [0.25, 0.3) is 0 Å². The van der Waals surface area contributed by atoms with Crippen LogP contribution in [0.4, 0.5) is 0 Å². The molecule has 17 heavy (non-hydrogen) atoms. The molecule has 1 unspecified atom stereocenters. The van der Waals surface area contributed by atoms with Crippen molar-refractivity contribution in [1.82, 2.24) is 5.32 Å². The van der Waals surface area contributed by atoms with Gasteiger partial charge in [-0.2, -0.15) is 0 Å². The second-order valence-corrected chi connectivity index (χ2v) is 4.54. The van der Waals surface area contributed by atoms with E-state index in [-0.39, 0.29) is 6.10 Å². The van der Waals surface area contributed by atoms with Gasteiger partial charge < -0.3 is 14.8 Å². The van der Waals surface area contributed by atoms with E-state index in [1.54, 1.807) is 7.11 Å². The molecule has 0 bridgehead atoms. The van der Waals surface area contributed by atoms with Crippen molar-refractivity contribution >= 4 is 0 Å². The van der Waals surface area contributed by atoms with Crippen molar-refractivity contribution < 1.29 is 9.47 Å². The molecule has 3 heteroatoms. The Kier molecular flexibility index (Phi) is 4.54. The fourth-order valence-corrected chi connectivity index (χ4v) is 2.29. The summed E-state index contributed by atoms with van der Waals surface area (Å²) in [5, 5.41) is 3.63. The van der Waals surface area contributed by atoms with Crippen LogP contribution in [0.3, 0.4) is 0 Å². The number of hydrogen-bond donors (Lipinski definition) is 1. The van der Waals surface area contributed by atoms with Crippen molar-refractivity contribution in [2.24, 2.45) is 0 Å². The molecule has 1 fully saturated rings. The van der Waals surface area contributed by atoms with E-state index in [0.717, 1.165) is 13.0 Å². The highest BCUT2D eigenvalue weighted by atomic mass is 16.5. The molecule has 3 atom stereocenters. The lowest BCUT2D eigenvalue weighted by atomic mass is 10.0. The molecule has 0 aromatic heterocycles. The zero-order chi connectivity index (χ0) is 12.1. The second-order valence-electron chi connectivity index (χ2n) is 4.54. The van der Waals surface area contributed by atoms with Crippen LogP contribution >= 0.6 is 0 Å². The monoisotopic (exact) mass is 235 g/mol. The summed E-state index contributed by atoms with van der Waals surface area (Å²) in [6.45, 7) is 3.70. The fraction of sp³-hybridized carbons (Fsp3) is 0.571. The van der Waals surface area contributed by atoms with Crippen LogP contribution in [0.1, 0.15) is 24.9 Å². The topological polar surface area (TPSA) is 30.5 Å². The molecule has 1 aliphatic rings. The summed E-state index contributed by atoms with van der Waals surface area (Å²) in [6, 6.07) is 11.2. The van der Waals surface area contributed by atoms with Crippen LogP contribution in [-0.4, -0.2) is 32.5 Å². The van der Waals surface area contributed by atoms with Crippen molar-refractivity contribution in [3.8, 4) is 0 Å². The third-order valence-corrected chi connectivity index (χ3v) is 3.37. The number of methoxy groups -OCH3 is 1. The average Bonchev–Trinajstić information content (AvgIpc) is 2.40. The Morgan fingerprint density at radius 3 is 2.82 bits per heavy atom.